The third-order valence-corrected chi connectivity index (χ3v) is 5.75. The van der Waals surface area contributed by atoms with Crippen LogP contribution in [-0.2, 0) is 15.6 Å². The zero-order valence-corrected chi connectivity index (χ0v) is 15.9. The molecule has 0 saturated heterocycles. The van der Waals surface area contributed by atoms with E-state index >= 15 is 0 Å². The maximum atomic E-state index is 13.8. The Morgan fingerprint density at radius 1 is 1.04 bits per heavy atom. The van der Waals surface area contributed by atoms with Crippen molar-refractivity contribution in [2.75, 3.05) is 12.3 Å². The first kappa shape index (κ1) is 19.8. The molecule has 1 aromatic heterocycles. The second-order valence-electron chi connectivity index (χ2n) is 6.28. The Morgan fingerprint density at radius 2 is 1.75 bits per heavy atom. The average molecular weight is 401 g/mol. The fourth-order valence-electron chi connectivity index (χ4n) is 2.70. The number of hydrogen-bond donors (Lipinski definition) is 1. The Hall–Kier alpha value is -3.00. The molecule has 6 nitrogen and oxygen atoms in total. The summed E-state index contributed by atoms with van der Waals surface area (Å²) < 4.78 is 39.4. The Bertz CT molecular complexity index is 1050. The summed E-state index contributed by atoms with van der Waals surface area (Å²) in [5.41, 5.74) is 1.12. The molecule has 3 rings (SSSR count). The molecule has 0 bridgehead atoms. The van der Waals surface area contributed by atoms with Gasteiger partial charge in [0.25, 0.3) is 5.91 Å². The van der Waals surface area contributed by atoms with Crippen LogP contribution in [0.4, 0.5) is 4.39 Å². The van der Waals surface area contributed by atoms with Gasteiger partial charge in [0.1, 0.15) is 11.5 Å². The summed E-state index contributed by atoms with van der Waals surface area (Å²) >= 11 is 0. The molecular weight excluding hydrogens is 381 g/mol. The minimum absolute atomic E-state index is 0.0190. The van der Waals surface area contributed by atoms with Gasteiger partial charge in [0.15, 0.2) is 15.5 Å². The smallest absolute Gasteiger partial charge is 0.271 e. The number of hydrogen-bond acceptors (Lipinski definition) is 4. The summed E-state index contributed by atoms with van der Waals surface area (Å²) in [5.74, 6) is -0.919. The van der Waals surface area contributed by atoms with Crippen LogP contribution >= 0.6 is 0 Å². The van der Waals surface area contributed by atoms with Crippen LogP contribution in [0.5, 0.6) is 0 Å². The molecule has 1 amide bonds. The van der Waals surface area contributed by atoms with Crippen molar-refractivity contribution in [3.8, 4) is 5.69 Å². The van der Waals surface area contributed by atoms with Gasteiger partial charge in [-0.1, -0.05) is 42.5 Å². The second kappa shape index (κ2) is 8.79. The van der Waals surface area contributed by atoms with E-state index in [9.17, 15) is 17.6 Å². The molecule has 0 saturated carbocycles. The molecule has 0 atom stereocenters. The van der Waals surface area contributed by atoms with Crippen LogP contribution in [-0.4, -0.2) is 36.4 Å². The molecule has 146 valence electrons. The third kappa shape index (κ3) is 5.26. The van der Waals surface area contributed by atoms with Gasteiger partial charge in [0.05, 0.1) is 11.5 Å². The van der Waals surface area contributed by atoms with Crippen molar-refractivity contribution >= 4 is 15.7 Å². The number of carbonyl (C=O) groups excluding carboxylic acids is 1. The summed E-state index contributed by atoms with van der Waals surface area (Å²) in [6, 6.07) is 16.6. The fraction of sp³-hybridized carbons (Fsp3) is 0.200. The SMILES string of the molecule is O=C(NCCCS(=O)(=O)Cc1ccccc1)c1ccn(-c2ccccc2F)n1. The number of halogens is 1. The lowest BCUT2D eigenvalue weighted by atomic mass is 10.2. The zero-order valence-electron chi connectivity index (χ0n) is 15.1. The standard InChI is InChI=1S/C20H20FN3O3S/c21-17-9-4-5-10-19(17)24-13-11-18(23-24)20(25)22-12-6-14-28(26,27)15-16-7-2-1-3-8-16/h1-5,7-11,13H,6,12,14-15H2,(H,22,25). The number of carbonyl (C=O) groups is 1. The Balaban J connectivity index is 1.49. The van der Waals surface area contributed by atoms with E-state index in [4.69, 9.17) is 0 Å². The van der Waals surface area contributed by atoms with Crippen LogP contribution in [0.1, 0.15) is 22.5 Å². The molecule has 0 radical (unpaired) electrons. The lowest BCUT2D eigenvalue weighted by Crippen LogP contribution is -2.26. The van der Waals surface area contributed by atoms with Gasteiger partial charge in [0, 0.05) is 12.7 Å². The summed E-state index contributed by atoms with van der Waals surface area (Å²) in [7, 11) is -3.25. The summed E-state index contributed by atoms with van der Waals surface area (Å²) in [6.45, 7) is 0.208. The van der Waals surface area contributed by atoms with Crippen molar-refractivity contribution in [2.45, 2.75) is 12.2 Å². The van der Waals surface area contributed by atoms with E-state index in [0.29, 0.717) is 6.42 Å². The van der Waals surface area contributed by atoms with Gasteiger partial charge in [-0.05, 0) is 30.2 Å². The predicted molar refractivity (Wildman–Crippen MR) is 104 cm³/mol. The van der Waals surface area contributed by atoms with Gasteiger partial charge in [-0.3, -0.25) is 4.79 Å². The van der Waals surface area contributed by atoms with E-state index in [1.54, 1.807) is 42.5 Å². The number of sulfone groups is 1. The Labute approximate surface area is 162 Å². The van der Waals surface area contributed by atoms with E-state index in [-0.39, 0.29) is 29.4 Å². The minimum Gasteiger partial charge on any atom is -0.351 e. The van der Waals surface area contributed by atoms with E-state index in [1.807, 2.05) is 6.07 Å². The molecule has 28 heavy (non-hydrogen) atoms. The number of nitrogens with zero attached hydrogens (tertiary/aromatic N) is 2. The number of nitrogens with one attached hydrogen (secondary N) is 1. The van der Waals surface area contributed by atoms with Crippen molar-refractivity contribution in [3.05, 3.63) is 83.9 Å². The van der Waals surface area contributed by atoms with Crippen molar-refractivity contribution in [2.24, 2.45) is 0 Å². The molecule has 0 aliphatic heterocycles. The van der Waals surface area contributed by atoms with Gasteiger partial charge >= 0.3 is 0 Å². The first-order chi connectivity index (χ1) is 13.4. The van der Waals surface area contributed by atoms with Crippen LogP contribution in [0, 0.1) is 5.82 Å². The van der Waals surface area contributed by atoms with Crippen LogP contribution in [0.25, 0.3) is 5.69 Å². The van der Waals surface area contributed by atoms with Crippen molar-refractivity contribution < 1.29 is 17.6 Å². The first-order valence-electron chi connectivity index (χ1n) is 8.78. The minimum atomic E-state index is -3.25. The molecule has 0 fully saturated rings. The highest BCUT2D eigenvalue weighted by Crippen LogP contribution is 2.12. The lowest BCUT2D eigenvalue weighted by Gasteiger charge is -2.06. The number of rotatable bonds is 8. The normalized spacial score (nSPS) is 11.3. The number of aromatic nitrogens is 2. The molecule has 8 heteroatoms. The van der Waals surface area contributed by atoms with Crippen LogP contribution in [0.3, 0.4) is 0 Å². The Morgan fingerprint density at radius 3 is 2.50 bits per heavy atom. The quantitative estimate of drug-likeness (QED) is 0.589. The van der Waals surface area contributed by atoms with E-state index in [1.165, 1.54) is 23.0 Å². The highest BCUT2D eigenvalue weighted by molar-refractivity contribution is 7.90. The van der Waals surface area contributed by atoms with Crippen molar-refractivity contribution in [1.82, 2.24) is 15.1 Å². The molecule has 0 spiro atoms. The van der Waals surface area contributed by atoms with Gasteiger partial charge in [-0.15, -0.1) is 0 Å². The fourth-order valence-corrected chi connectivity index (χ4v) is 4.13. The summed E-state index contributed by atoms with van der Waals surface area (Å²) in [4.78, 5) is 12.2. The van der Waals surface area contributed by atoms with Crippen LogP contribution in [0.2, 0.25) is 0 Å². The van der Waals surface area contributed by atoms with E-state index in [2.05, 4.69) is 10.4 Å². The van der Waals surface area contributed by atoms with Crippen LogP contribution in [0.15, 0.2) is 66.9 Å². The monoisotopic (exact) mass is 401 g/mol. The van der Waals surface area contributed by atoms with Gasteiger partial charge in [-0.25, -0.2) is 17.5 Å². The topological polar surface area (TPSA) is 81.1 Å². The number of amides is 1. The molecule has 0 aliphatic carbocycles. The molecule has 1 heterocycles. The molecule has 0 unspecified atom stereocenters. The molecule has 2 aromatic carbocycles. The zero-order chi connectivity index (χ0) is 20.0. The highest BCUT2D eigenvalue weighted by Gasteiger charge is 2.14. The maximum absolute atomic E-state index is 13.8. The van der Waals surface area contributed by atoms with E-state index < -0.39 is 21.6 Å². The summed E-state index contributed by atoms with van der Waals surface area (Å²) in [5, 5.41) is 6.71. The van der Waals surface area contributed by atoms with Gasteiger partial charge in [0.2, 0.25) is 0 Å². The lowest BCUT2D eigenvalue weighted by molar-refractivity contribution is 0.0948. The molecular formula is C20H20FN3O3S. The van der Waals surface area contributed by atoms with Gasteiger partial charge < -0.3 is 5.32 Å². The van der Waals surface area contributed by atoms with Crippen molar-refractivity contribution in [3.63, 3.8) is 0 Å². The van der Waals surface area contributed by atoms with Crippen molar-refractivity contribution in [1.29, 1.82) is 0 Å². The van der Waals surface area contributed by atoms with Crippen LogP contribution < -0.4 is 5.32 Å². The van der Waals surface area contributed by atoms with Gasteiger partial charge in [-0.2, -0.15) is 5.10 Å². The Kier molecular flexibility index (Phi) is 6.20. The molecule has 1 N–H and O–H groups in total. The first-order valence-corrected chi connectivity index (χ1v) is 10.6. The van der Waals surface area contributed by atoms with E-state index in [0.717, 1.165) is 5.56 Å². The largest absolute Gasteiger partial charge is 0.351 e. The molecule has 3 aromatic rings. The summed E-state index contributed by atoms with van der Waals surface area (Å²) in [6.07, 6.45) is 1.80. The second-order valence-corrected chi connectivity index (χ2v) is 8.47. The molecule has 0 aliphatic rings. The highest BCUT2D eigenvalue weighted by atomic mass is 32.2. The third-order valence-electron chi connectivity index (χ3n) is 4.07. The number of benzene rings is 2. The average Bonchev–Trinajstić information content (AvgIpc) is 3.16. The number of para-hydroxylation sites is 1. The predicted octanol–water partition coefficient (Wildman–Crippen LogP) is 2.75. The maximum Gasteiger partial charge on any atom is 0.271 e.